The second-order valence-electron chi connectivity index (χ2n) is 2.71. The summed E-state index contributed by atoms with van der Waals surface area (Å²) < 4.78 is 0.957. The molecule has 3 N–H and O–H groups in total. The molecule has 0 fully saturated rings. The first kappa shape index (κ1) is 10.7. The molecule has 5 heteroatoms. The van der Waals surface area contributed by atoms with Crippen molar-refractivity contribution in [3.8, 4) is 0 Å². The van der Waals surface area contributed by atoms with Crippen molar-refractivity contribution in [2.45, 2.75) is 13.0 Å². The van der Waals surface area contributed by atoms with Crippen LogP contribution in [0.5, 0.6) is 0 Å². The number of amides is 1. The second-order valence-corrected chi connectivity index (χ2v) is 5.18. The lowest BCUT2D eigenvalue weighted by Crippen LogP contribution is -2.37. The molecule has 0 spiro atoms. The number of halogens is 1. The maximum absolute atomic E-state index is 11.5. The summed E-state index contributed by atoms with van der Waals surface area (Å²) in [6.07, 6.45) is 0. The van der Waals surface area contributed by atoms with Crippen LogP contribution in [-0.4, -0.2) is 18.5 Å². The molecule has 0 aromatic carbocycles. The van der Waals surface area contributed by atoms with E-state index >= 15 is 0 Å². The quantitative estimate of drug-likeness (QED) is 0.870. The Morgan fingerprint density at radius 3 is 2.92 bits per heavy atom. The van der Waals surface area contributed by atoms with Crippen molar-refractivity contribution in [1.82, 2.24) is 5.32 Å². The van der Waals surface area contributed by atoms with Crippen LogP contribution in [0, 0.1) is 0 Å². The minimum Gasteiger partial charge on any atom is -0.348 e. The Morgan fingerprint density at radius 1 is 1.77 bits per heavy atom. The molecule has 1 atom stereocenters. The normalized spacial score (nSPS) is 12.5. The second kappa shape index (κ2) is 4.74. The first-order valence-electron chi connectivity index (χ1n) is 3.89. The summed E-state index contributed by atoms with van der Waals surface area (Å²) >= 11 is 4.71. The number of nitrogens with two attached hydrogens (primary N) is 1. The number of carbonyl (C=O) groups is 1. The molecule has 13 heavy (non-hydrogen) atoms. The average molecular weight is 263 g/mol. The Kier molecular flexibility index (Phi) is 3.90. The third-order valence-electron chi connectivity index (χ3n) is 1.53. The van der Waals surface area contributed by atoms with Gasteiger partial charge in [-0.3, -0.25) is 4.79 Å². The van der Waals surface area contributed by atoms with Gasteiger partial charge in [0, 0.05) is 12.6 Å². The summed E-state index contributed by atoms with van der Waals surface area (Å²) in [7, 11) is 0. The van der Waals surface area contributed by atoms with Crippen LogP contribution in [0.3, 0.4) is 0 Å². The first-order valence-corrected chi connectivity index (χ1v) is 5.50. The highest BCUT2D eigenvalue weighted by atomic mass is 79.9. The topological polar surface area (TPSA) is 55.1 Å². The van der Waals surface area contributed by atoms with Gasteiger partial charge >= 0.3 is 0 Å². The summed E-state index contributed by atoms with van der Waals surface area (Å²) in [5, 5.41) is 2.78. The number of nitrogens with one attached hydrogen (secondary N) is 1. The van der Waals surface area contributed by atoms with Crippen LogP contribution in [0.4, 0.5) is 0 Å². The van der Waals surface area contributed by atoms with Crippen molar-refractivity contribution < 1.29 is 4.79 Å². The molecule has 0 saturated heterocycles. The molecule has 0 bridgehead atoms. The SMILES string of the molecule is CC(CN)NC(=O)c1ccc(Br)s1. The van der Waals surface area contributed by atoms with E-state index in [-0.39, 0.29) is 11.9 Å². The Hall–Kier alpha value is -0.390. The van der Waals surface area contributed by atoms with Crippen LogP contribution in [0.2, 0.25) is 0 Å². The Balaban J connectivity index is 2.58. The summed E-state index contributed by atoms with van der Waals surface area (Å²) in [5.41, 5.74) is 5.38. The van der Waals surface area contributed by atoms with Crippen LogP contribution >= 0.6 is 27.3 Å². The molecule has 0 aliphatic heterocycles. The Labute approximate surface area is 89.5 Å². The van der Waals surface area contributed by atoms with E-state index in [1.165, 1.54) is 11.3 Å². The third kappa shape index (κ3) is 3.10. The molecule has 1 amide bonds. The predicted octanol–water partition coefficient (Wildman–Crippen LogP) is 1.59. The Morgan fingerprint density at radius 2 is 2.46 bits per heavy atom. The highest BCUT2D eigenvalue weighted by Crippen LogP contribution is 2.21. The molecular formula is C8H11BrN2OS. The highest BCUT2D eigenvalue weighted by molar-refractivity contribution is 9.11. The maximum Gasteiger partial charge on any atom is 0.261 e. The maximum atomic E-state index is 11.5. The first-order chi connectivity index (χ1) is 6.13. The number of rotatable bonds is 3. The van der Waals surface area contributed by atoms with E-state index in [1.54, 1.807) is 6.07 Å². The average Bonchev–Trinajstić information content (AvgIpc) is 2.51. The molecule has 1 unspecified atom stereocenters. The van der Waals surface area contributed by atoms with Crippen LogP contribution in [0.1, 0.15) is 16.6 Å². The number of carbonyl (C=O) groups excluding carboxylic acids is 1. The summed E-state index contributed by atoms with van der Waals surface area (Å²) in [5.74, 6) is -0.0614. The lowest BCUT2D eigenvalue weighted by atomic mass is 10.3. The van der Waals surface area contributed by atoms with Gasteiger partial charge < -0.3 is 11.1 Å². The van der Waals surface area contributed by atoms with Gasteiger partial charge in [-0.05, 0) is 35.0 Å². The van der Waals surface area contributed by atoms with Gasteiger partial charge in [0.2, 0.25) is 0 Å². The van der Waals surface area contributed by atoms with Gasteiger partial charge in [0.25, 0.3) is 5.91 Å². The monoisotopic (exact) mass is 262 g/mol. The summed E-state index contributed by atoms with van der Waals surface area (Å²) in [6.45, 7) is 2.33. The molecule has 1 heterocycles. The minimum atomic E-state index is -0.0614. The van der Waals surface area contributed by atoms with Gasteiger partial charge in [0.1, 0.15) is 0 Å². The molecule has 0 aliphatic rings. The van der Waals surface area contributed by atoms with Gasteiger partial charge in [-0.25, -0.2) is 0 Å². The van der Waals surface area contributed by atoms with E-state index in [0.29, 0.717) is 11.4 Å². The molecular weight excluding hydrogens is 252 g/mol. The molecule has 72 valence electrons. The van der Waals surface area contributed by atoms with Crippen LogP contribution in [-0.2, 0) is 0 Å². The number of thiophene rings is 1. The van der Waals surface area contributed by atoms with E-state index in [9.17, 15) is 4.79 Å². The largest absolute Gasteiger partial charge is 0.348 e. The van der Waals surface area contributed by atoms with E-state index in [0.717, 1.165) is 3.79 Å². The Bertz CT molecular complexity index is 300. The molecule has 0 aliphatic carbocycles. The standard InChI is InChI=1S/C8H11BrN2OS/c1-5(4-10)11-8(12)6-2-3-7(9)13-6/h2-3,5H,4,10H2,1H3,(H,11,12). The van der Waals surface area contributed by atoms with E-state index in [4.69, 9.17) is 5.73 Å². The van der Waals surface area contributed by atoms with Gasteiger partial charge in [0.15, 0.2) is 0 Å². The molecule has 3 nitrogen and oxygen atoms in total. The zero-order chi connectivity index (χ0) is 9.84. The van der Waals surface area contributed by atoms with Crippen molar-refractivity contribution in [1.29, 1.82) is 0 Å². The van der Waals surface area contributed by atoms with Crippen molar-refractivity contribution >= 4 is 33.2 Å². The third-order valence-corrected chi connectivity index (χ3v) is 3.15. The number of hydrogen-bond donors (Lipinski definition) is 2. The molecule has 0 radical (unpaired) electrons. The van der Waals surface area contributed by atoms with Crippen molar-refractivity contribution in [3.05, 3.63) is 20.8 Å². The molecule has 0 saturated carbocycles. The van der Waals surface area contributed by atoms with Gasteiger partial charge in [-0.2, -0.15) is 0 Å². The minimum absolute atomic E-state index is 0.0216. The highest BCUT2D eigenvalue weighted by Gasteiger charge is 2.10. The molecule has 1 aromatic heterocycles. The summed E-state index contributed by atoms with van der Waals surface area (Å²) in [4.78, 5) is 12.2. The molecule has 1 rings (SSSR count). The number of hydrogen-bond acceptors (Lipinski definition) is 3. The molecule has 1 aromatic rings. The lowest BCUT2D eigenvalue weighted by Gasteiger charge is -2.09. The fraction of sp³-hybridized carbons (Fsp3) is 0.375. The fourth-order valence-electron chi connectivity index (χ4n) is 0.790. The zero-order valence-corrected chi connectivity index (χ0v) is 9.61. The predicted molar refractivity (Wildman–Crippen MR) is 58.0 cm³/mol. The van der Waals surface area contributed by atoms with Crippen molar-refractivity contribution in [2.75, 3.05) is 6.54 Å². The van der Waals surface area contributed by atoms with Crippen LogP contribution < -0.4 is 11.1 Å². The van der Waals surface area contributed by atoms with Gasteiger partial charge in [0.05, 0.1) is 8.66 Å². The lowest BCUT2D eigenvalue weighted by molar-refractivity contribution is 0.0945. The summed E-state index contributed by atoms with van der Waals surface area (Å²) in [6, 6.07) is 3.66. The van der Waals surface area contributed by atoms with E-state index in [2.05, 4.69) is 21.2 Å². The van der Waals surface area contributed by atoms with Crippen molar-refractivity contribution in [2.24, 2.45) is 5.73 Å². The zero-order valence-electron chi connectivity index (χ0n) is 7.21. The fourth-order valence-corrected chi connectivity index (χ4v) is 2.08. The van der Waals surface area contributed by atoms with Crippen LogP contribution in [0.25, 0.3) is 0 Å². The van der Waals surface area contributed by atoms with E-state index < -0.39 is 0 Å². The van der Waals surface area contributed by atoms with Crippen molar-refractivity contribution in [3.63, 3.8) is 0 Å². The van der Waals surface area contributed by atoms with Gasteiger partial charge in [-0.15, -0.1) is 11.3 Å². The van der Waals surface area contributed by atoms with E-state index in [1.807, 2.05) is 13.0 Å². The van der Waals surface area contributed by atoms with Crippen LogP contribution in [0.15, 0.2) is 15.9 Å². The van der Waals surface area contributed by atoms with Gasteiger partial charge in [-0.1, -0.05) is 0 Å². The smallest absolute Gasteiger partial charge is 0.261 e.